The van der Waals surface area contributed by atoms with Crippen LogP contribution < -0.4 is 11.0 Å². The van der Waals surface area contributed by atoms with Crippen LogP contribution in [0.1, 0.15) is 12.6 Å². The Morgan fingerprint density at radius 2 is 2.17 bits per heavy atom. The van der Waals surface area contributed by atoms with Gasteiger partial charge in [0.25, 0.3) is 0 Å². The number of hydrogen-bond acceptors (Lipinski definition) is 8. The van der Waals surface area contributed by atoms with E-state index in [1.165, 1.54) is 4.57 Å². The molecule has 9 nitrogen and oxygen atoms in total. The summed E-state index contributed by atoms with van der Waals surface area (Å²) in [5.74, 6) is 0.528. The van der Waals surface area contributed by atoms with E-state index in [1.807, 2.05) is 0 Å². The molecule has 3 rings (SSSR count). The molecule has 0 amide bonds. The minimum absolute atomic E-state index is 0.253. The zero-order valence-corrected chi connectivity index (χ0v) is 15.3. The van der Waals surface area contributed by atoms with Crippen LogP contribution in [0.3, 0.4) is 0 Å². The maximum Gasteiger partial charge on any atom is 0.351 e. The molecule has 2 aliphatic rings. The van der Waals surface area contributed by atoms with Gasteiger partial charge in [-0.1, -0.05) is 0 Å². The number of aliphatic hydroxyl groups is 2. The molecule has 2 aliphatic heterocycles. The highest BCUT2D eigenvalue weighted by Gasteiger charge is 2.35. The molecule has 0 bridgehead atoms. The molecule has 1 unspecified atom stereocenters. The molecule has 0 aliphatic carbocycles. The molecule has 24 heavy (non-hydrogen) atoms. The van der Waals surface area contributed by atoms with Crippen LogP contribution in [0.2, 0.25) is 0 Å². The number of anilines is 1. The Bertz CT molecular complexity index is 622. The maximum atomic E-state index is 12.3. The highest BCUT2D eigenvalue weighted by Crippen LogP contribution is 2.28. The van der Waals surface area contributed by atoms with E-state index in [-0.39, 0.29) is 13.0 Å². The molecule has 3 N–H and O–H groups in total. The van der Waals surface area contributed by atoms with E-state index in [9.17, 15) is 9.90 Å². The Labute approximate surface area is 152 Å². The molecule has 0 radical (unpaired) electrons. The van der Waals surface area contributed by atoms with Crippen molar-refractivity contribution in [2.75, 3.05) is 44.9 Å². The number of nitrogens with one attached hydrogen (secondary N) is 1. The average molecular weight is 452 g/mol. The zero-order valence-electron chi connectivity index (χ0n) is 13.1. The minimum atomic E-state index is -0.788. The Morgan fingerprint density at radius 1 is 1.42 bits per heavy atom. The van der Waals surface area contributed by atoms with Gasteiger partial charge in [-0.2, -0.15) is 4.98 Å². The van der Waals surface area contributed by atoms with Crippen molar-refractivity contribution in [1.82, 2.24) is 14.5 Å². The lowest BCUT2D eigenvalue weighted by molar-refractivity contribution is -0.0459. The fourth-order valence-corrected chi connectivity index (χ4v) is 3.38. The van der Waals surface area contributed by atoms with E-state index in [0.717, 1.165) is 16.7 Å². The van der Waals surface area contributed by atoms with Crippen LogP contribution in [0, 0.1) is 3.57 Å². The van der Waals surface area contributed by atoms with Crippen molar-refractivity contribution in [2.24, 2.45) is 0 Å². The molecule has 0 aromatic carbocycles. The van der Waals surface area contributed by atoms with Gasteiger partial charge in [-0.05, 0) is 22.6 Å². The average Bonchev–Trinajstić information content (AvgIpc) is 2.97. The van der Waals surface area contributed by atoms with Gasteiger partial charge in [0.1, 0.15) is 18.1 Å². The van der Waals surface area contributed by atoms with Crippen LogP contribution in [0.4, 0.5) is 5.82 Å². The summed E-state index contributed by atoms with van der Waals surface area (Å²) in [4.78, 5) is 18.6. The molecule has 10 heteroatoms. The van der Waals surface area contributed by atoms with Gasteiger partial charge in [0.2, 0.25) is 0 Å². The number of aromatic nitrogens is 2. The first-order chi connectivity index (χ1) is 11.6. The van der Waals surface area contributed by atoms with Gasteiger partial charge in [-0.25, -0.2) is 4.79 Å². The molecule has 0 spiro atoms. The monoisotopic (exact) mass is 452 g/mol. The number of aliphatic hydroxyl groups excluding tert-OH is 2. The van der Waals surface area contributed by atoms with Crippen LogP contribution in [-0.2, 0) is 9.47 Å². The number of morpholine rings is 1. The molecule has 0 saturated carbocycles. The summed E-state index contributed by atoms with van der Waals surface area (Å²) < 4.78 is 13.0. The van der Waals surface area contributed by atoms with E-state index in [4.69, 9.17) is 14.6 Å². The topological polar surface area (TPSA) is 109 Å². The number of rotatable bonds is 5. The quantitative estimate of drug-likeness (QED) is 0.498. The fourth-order valence-electron chi connectivity index (χ4n) is 2.77. The third kappa shape index (κ3) is 4.06. The molecule has 134 valence electrons. The predicted octanol–water partition coefficient (Wildman–Crippen LogP) is -0.810. The second kappa shape index (κ2) is 8.06. The Morgan fingerprint density at radius 3 is 2.83 bits per heavy atom. The molecule has 2 fully saturated rings. The molecule has 3 atom stereocenters. The second-order valence-corrected chi connectivity index (χ2v) is 6.97. The Balaban J connectivity index is 1.68. The van der Waals surface area contributed by atoms with E-state index in [2.05, 4.69) is 37.8 Å². The largest absolute Gasteiger partial charge is 0.394 e. The van der Waals surface area contributed by atoms with Gasteiger partial charge in [-0.15, -0.1) is 0 Å². The second-order valence-electron chi connectivity index (χ2n) is 5.81. The summed E-state index contributed by atoms with van der Waals surface area (Å²) in [5.41, 5.74) is -0.448. The zero-order chi connectivity index (χ0) is 17.1. The van der Waals surface area contributed by atoms with Crippen LogP contribution in [0.5, 0.6) is 0 Å². The van der Waals surface area contributed by atoms with Crippen LogP contribution in [-0.4, -0.2) is 76.5 Å². The molecule has 1 aromatic rings. The summed E-state index contributed by atoms with van der Waals surface area (Å²) in [7, 11) is 0. The van der Waals surface area contributed by atoms with Crippen molar-refractivity contribution in [2.45, 2.75) is 24.9 Å². The van der Waals surface area contributed by atoms with E-state index in [0.29, 0.717) is 25.7 Å². The lowest BCUT2D eigenvalue weighted by Crippen LogP contribution is -2.40. The summed E-state index contributed by atoms with van der Waals surface area (Å²) >= 11 is 2.11. The lowest BCUT2D eigenvalue weighted by Gasteiger charge is -2.27. The molecule has 2 saturated heterocycles. The van der Waals surface area contributed by atoms with Gasteiger partial charge >= 0.3 is 5.69 Å². The lowest BCUT2D eigenvalue weighted by atomic mass is 10.2. The first kappa shape index (κ1) is 18.0. The maximum absolute atomic E-state index is 12.3. The van der Waals surface area contributed by atoms with Crippen LogP contribution in [0.25, 0.3) is 0 Å². The summed E-state index contributed by atoms with van der Waals surface area (Å²) in [6.45, 7) is 3.42. The van der Waals surface area contributed by atoms with Crippen molar-refractivity contribution in [3.63, 3.8) is 0 Å². The molecular weight excluding hydrogens is 431 g/mol. The van der Waals surface area contributed by atoms with Gasteiger partial charge in [0, 0.05) is 25.7 Å². The standard InChI is InChI=1S/C14H21IN4O5/c15-9-6-19(12-5-10(21)11(7-20)24-12)14(22)17-13(9)16-8-18-1-3-23-4-2-18/h6,10-12,20-21H,1-5,7-8H2,(H,16,17,22)/t10?,11-,12-/m1/s1. The van der Waals surface area contributed by atoms with Crippen molar-refractivity contribution in [3.05, 3.63) is 20.3 Å². The first-order valence-electron chi connectivity index (χ1n) is 7.85. The van der Waals surface area contributed by atoms with Gasteiger partial charge < -0.3 is 25.0 Å². The van der Waals surface area contributed by atoms with Crippen molar-refractivity contribution < 1.29 is 19.7 Å². The van der Waals surface area contributed by atoms with Crippen molar-refractivity contribution >= 4 is 28.4 Å². The van der Waals surface area contributed by atoms with Crippen molar-refractivity contribution in [3.8, 4) is 0 Å². The summed E-state index contributed by atoms with van der Waals surface area (Å²) in [6, 6.07) is 0. The number of ether oxygens (including phenoxy) is 2. The smallest absolute Gasteiger partial charge is 0.351 e. The van der Waals surface area contributed by atoms with Crippen LogP contribution >= 0.6 is 22.6 Å². The van der Waals surface area contributed by atoms with E-state index < -0.39 is 24.1 Å². The number of nitrogens with zero attached hydrogens (tertiary/aromatic N) is 3. The van der Waals surface area contributed by atoms with E-state index in [1.54, 1.807) is 6.20 Å². The third-order valence-corrected chi connectivity index (χ3v) is 4.96. The Hall–Kier alpha value is -0.790. The molecular formula is C14H21IN4O5. The third-order valence-electron chi connectivity index (χ3n) is 4.18. The number of halogens is 1. The SMILES string of the molecule is O=c1nc(NCN2CCOCC2)c(I)cn1[C@H]1CC(O)[C@@H](CO)O1. The summed E-state index contributed by atoms with van der Waals surface area (Å²) in [5, 5.41) is 22.1. The van der Waals surface area contributed by atoms with Gasteiger partial charge in [0.05, 0.1) is 36.2 Å². The minimum Gasteiger partial charge on any atom is -0.394 e. The van der Waals surface area contributed by atoms with Gasteiger partial charge in [0.15, 0.2) is 0 Å². The number of hydrogen-bond donors (Lipinski definition) is 3. The molecule has 3 heterocycles. The first-order valence-corrected chi connectivity index (χ1v) is 8.93. The highest BCUT2D eigenvalue weighted by atomic mass is 127. The molecule has 1 aromatic heterocycles. The van der Waals surface area contributed by atoms with Crippen molar-refractivity contribution in [1.29, 1.82) is 0 Å². The highest BCUT2D eigenvalue weighted by molar-refractivity contribution is 14.1. The van der Waals surface area contributed by atoms with Crippen LogP contribution in [0.15, 0.2) is 11.0 Å². The fraction of sp³-hybridized carbons (Fsp3) is 0.714. The van der Waals surface area contributed by atoms with Gasteiger partial charge in [-0.3, -0.25) is 9.47 Å². The van der Waals surface area contributed by atoms with E-state index >= 15 is 0 Å². The predicted molar refractivity (Wildman–Crippen MR) is 93.7 cm³/mol. The Kier molecular flexibility index (Phi) is 6.05. The summed E-state index contributed by atoms with van der Waals surface area (Å²) in [6.07, 6.45) is -0.153. The normalized spacial score (nSPS) is 28.2.